The van der Waals surface area contributed by atoms with Crippen molar-refractivity contribution in [2.24, 2.45) is 0 Å². The van der Waals surface area contributed by atoms with Crippen LogP contribution in [0.1, 0.15) is 43.3 Å². The Morgan fingerprint density at radius 3 is 1.76 bits per heavy atom. The lowest BCUT2D eigenvalue weighted by Crippen LogP contribution is -2.31. The molecule has 2 heterocycles. The van der Waals surface area contributed by atoms with Crippen LogP contribution in [-0.4, -0.2) is 38.7 Å². The second kappa shape index (κ2) is 9.05. The molecular formula is C31H32N4O2. The lowest BCUT2D eigenvalue weighted by molar-refractivity contribution is 0.122. The van der Waals surface area contributed by atoms with Crippen LogP contribution in [0.5, 0.6) is 5.88 Å². The Morgan fingerprint density at radius 1 is 0.730 bits per heavy atom. The summed E-state index contributed by atoms with van der Waals surface area (Å²) in [5.41, 5.74) is 3.14. The molecule has 0 atom stereocenters. The van der Waals surface area contributed by atoms with Crippen LogP contribution in [-0.2, 0) is 11.0 Å². The van der Waals surface area contributed by atoms with Crippen LogP contribution < -0.4 is 4.90 Å². The van der Waals surface area contributed by atoms with Crippen LogP contribution in [0, 0.1) is 0 Å². The van der Waals surface area contributed by atoms with Crippen LogP contribution in [0.2, 0.25) is 0 Å². The maximum Gasteiger partial charge on any atom is 0.219 e. The third-order valence-corrected chi connectivity index (χ3v) is 6.70. The first-order chi connectivity index (χ1) is 17.6. The third-order valence-electron chi connectivity index (χ3n) is 6.70. The molecule has 0 fully saturated rings. The van der Waals surface area contributed by atoms with Crippen molar-refractivity contribution in [2.75, 3.05) is 19.0 Å². The quantitative estimate of drug-likeness (QED) is 0.327. The Bertz CT molecular complexity index is 1490. The molecular weight excluding hydrogens is 460 g/mol. The summed E-state index contributed by atoms with van der Waals surface area (Å²) in [6.45, 7) is 6.01. The van der Waals surface area contributed by atoms with Crippen molar-refractivity contribution >= 4 is 11.3 Å². The first-order valence-electron chi connectivity index (χ1n) is 12.3. The van der Waals surface area contributed by atoms with Gasteiger partial charge in [-0.15, -0.1) is 0 Å². The Morgan fingerprint density at radius 2 is 1.27 bits per heavy atom. The van der Waals surface area contributed by atoms with Gasteiger partial charge in [0, 0.05) is 37.0 Å². The maximum absolute atomic E-state index is 12.6. The third kappa shape index (κ3) is 4.23. The summed E-state index contributed by atoms with van der Waals surface area (Å²) < 4.78 is 1.65. The largest absolute Gasteiger partial charge is 0.493 e. The zero-order valence-electron chi connectivity index (χ0n) is 21.8. The fraction of sp³-hybridized carbons (Fsp3) is 0.226. The highest BCUT2D eigenvalue weighted by Crippen LogP contribution is 2.41. The van der Waals surface area contributed by atoms with E-state index in [2.05, 4.69) is 0 Å². The van der Waals surface area contributed by atoms with E-state index in [1.54, 1.807) is 10.6 Å². The fourth-order valence-corrected chi connectivity index (χ4v) is 4.65. The van der Waals surface area contributed by atoms with Gasteiger partial charge in [0.25, 0.3) is 0 Å². The van der Waals surface area contributed by atoms with Crippen LogP contribution in [0.3, 0.4) is 0 Å². The van der Waals surface area contributed by atoms with E-state index >= 15 is 0 Å². The van der Waals surface area contributed by atoms with E-state index in [4.69, 9.17) is 9.97 Å². The molecule has 188 valence electrons. The zero-order chi connectivity index (χ0) is 26.4. The van der Waals surface area contributed by atoms with Gasteiger partial charge >= 0.3 is 0 Å². The summed E-state index contributed by atoms with van der Waals surface area (Å²) in [5, 5.41) is 23.9. The van der Waals surface area contributed by atoms with Crippen molar-refractivity contribution in [3.05, 3.63) is 114 Å². The summed E-state index contributed by atoms with van der Waals surface area (Å²) in [5.74, 6) is 0.0424. The van der Waals surface area contributed by atoms with E-state index in [1.807, 2.05) is 125 Å². The van der Waals surface area contributed by atoms with Gasteiger partial charge in [-0.05, 0) is 23.3 Å². The van der Waals surface area contributed by atoms with Gasteiger partial charge in [-0.25, -0.2) is 9.97 Å². The van der Waals surface area contributed by atoms with E-state index in [0.717, 1.165) is 11.3 Å². The number of fused-ring (bicyclic) bond motifs is 1. The molecule has 0 saturated heterocycles. The van der Waals surface area contributed by atoms with Gasteiger partial charge in [0.2, 0.25) is 5.88 Å². The SMILES string of the molecule is CN(C)c1ccc(-c2cn3c(O)c(C(C)(C)C)nc3c(C(O)(c3ccccc3)c3ccccc3)n2)cc1. The molecule has 2 N–H and O–H groups in total. The number of aromatic hydroxyl groups is 1. The van der Waals surface area contributed by atoms with Crippen LogP contribution in [0.25, 0.3) is 16.9 Å². The van der Waals surface area contributed by atoms with Crippen molar-refractivity contribution < 1.29 is 10.2 Å². The Labute approximate surface area is 217 Å². The van der Waals surface area contributed by atoms with E-state index < -0.39 is 11.0 Å². The summed E-state index contributed by atoms with van der Waals surface area (Å²) in [7, 11) is 3.99. The average molecular weight is 493 g/mol. The first-order valence-corrected chi connectivity index (χ1v) is 12.3. The average Bonchev–Trinajstić information content (AvgIpc) is 3.25. The lowest BCUT2D eigenvalue weighted by atomic mass is 9.83. The summed E-state index contributed by atoms with van der Waals surface area (Å²) in [6.07, 6.45) is 1.79. The molecule has 0 unspecified atom stereocenters. The van der Waals surface area contributed by atoms with Crippen molar-refractivity contribution in [3.8, 4) is 17.1 Å². The predicted molar refractivity (Wildman–Crippen MR) is 148 cm³/mol. The number of aromatic nitrogens is 3. The molecule has 6 heteroatoms. The van der Waals surface area contributed by atoms with Crippen LogP contribution in [0.15, 0.2) is 91.1 Å². The van der Waals surface area contributed by atoms with Crippen molar-refractivity contribution in [1.29, 1.82) is 0 Å². The Kier molecular flexibility index (Phi) is 6.00. The predicted octanol–water partition coefficient (Wildman–Crippen LogP) is 5.75. The number of aliphatic hydroxyl groups is 1. The highest BCUT2D eigenvalue weighted by Gasteiger charge is 2.39. The summed E-state index contributed by atoms with van der Waals surface area (Å²) in [4.78, 5) is 11.9. The lowest BCUT2D eigenvalue weighted by Gasteiger charge is -2.29. The molecule has 5 aromatic rings. The normalized spacial score (nSPS) is 12.2. The van der Waals surface area contributed by atoms with E-state index in [1.165, 1.54) is 0 Å². The van der Waals surface area contributed by atoms with Crippen molar-refractivity contribution in [3.63, 3.8) is 0 Å². The number of rotatable bonds is 5. The van der Waals surface area contributed by atoms with Gasteiger partial charge in [-0.3, -0.25) is 4.40 Å². The second-order valence-electron chi connectivity index (χ2n) is 10.6. The summed E-state index contributed by atoms with van der Waals surface area (Å²) in [6, 6.07) is 27.0. The molecule has 0 aliphatic carbocycles. The molecule has 2 aromatic heterocycles. The molecule has 0 aliphatic rings. The minimum Gasteiger partial charge on any atom is -0.493 e. The molecule has 6 nitrogen and oxygen atoms in total. The standard InChI is InChI=1S/C31H32N4O2/c1-30(2,3)27-29(36)35-20-25(21-16-18-24(19-17-21)34(4)5)32-26(28(35)33-27)31(37,22-12-8-6-9-13-22)23-14-10-7-11-15-23/h6-20,36-37H,1-5H3. The highest BCUT2D eigenvalue weighted by molar-refractivity contribution is 5.68. The second-order valence-corrected chi connectivity index (χ2v) is 10.6. The van der Waals surface area contributed by atoms with E-state index in [9.17, 15) is 10.2 Å². The Hall–Kier alpha value is -4.16. The van der Waals surface area contributed by atoms with Gasteiger partial charge < -0.3 is 15.1 Å². The topological polar surface area (TPSA) is 73.9 Å². The molecule has 5 rings (SSSR count). The van der Waals surface area contributed by atoms with Gasteiger partial charge in [-0.2, -0.15) is 0 Å². The Balaban J connectivity index is 1.87. The fourth-order valence-electron chi connectivity index (χ4n) is 4.65. The monoisotopic (exact) mass is 492 g/mol. The maximum atomic E-state index is 12.6. The highest BCUT2D eigenvalue weighted by atomic mass is 16.3. The van der Waals surface area contributed by atoms with Gasteiger partial charge in [-0.1, -0.05) is 93.6 Å². The van der Waals surface area contributed by atoms with Gasteiger partial charge in [0.15, 0.2) is 11.2 Å². The minimum atomic E-state index is -1.61. The van der Waals surface area contributed by atoms with Crippen LogP contribution in [0.4, 0.5) is 5.69 Å². The number of hydrogen-bond donors (Lipinski definition) is 2. The van der Waals surface area contributed by atoms with E-state index in [0.29, 0.717) is 33.9 Å². The minimum absolute atomic E-state index is 0.0424. The number of nitrogens with zero attached hydrogens (tertiary/aromatic N) is 4. The molecule has 0 saturated carbocycles. The molecule has 0 amide bonds. The summed E-state index contributed by atoms with van der Waals surface area (Å²) >= 11 is 0. The van der Waals surface area contributed by atoms with Crippen LogP contribution >= 0.6 is 0 Å². The molecule has 37 heavy (non-hydrogen) atoms. The zero-order valence-corrected chi connectivity index (χ0v) is 21.8. The molecule has 0 radical (unpaired) electrons. The molecule has 0 aliphatic heterocycles. The number of anilines is 1. The van der Waals surface area contributed by atoms with Crippen molar-refractivity contribution in [2.45, 2.75) is 31.8 Å². The smallest absolute Gasteiger partial charge is 0.219 e. The van der Waals surface area contributed by atoms with E-state index in [-0.39, 0.29) is 5.88 Å². The molecule has 0 bridgehead atoms. The molecule has 0 spiro atoms. The first kappa shape index (κ1) is 24.5. The molecule has 3 aromatic carbocycles. The van der Waals surface area contributed by atoms with Crippen molar-refractivity contribution in [1.82, 2.24) is 14.4 Å². The van der Waals surface area contributed by atoms with Gasteiger partial charge in [0.05, 0.1) is 5.69 Å². The number of hydrogen-bond acceptors (Lipinski definition) is 5. The number of imidazole rings is 1. The number of benzene rings is 3. The van der Waals surface area contributed by atoms with Gasteiger partial charge in [0.1, 0.15) is 11.4 Å².